The van der Waals surface area contributed by atoms with Crippen LogP contribution in [-0.2, 0) is 14.4 Å². The Morgan fingerprint density at radius 3 is 2.61 bits per heavy atom. The first-order valence-corrected chi connectivity index (χ1v) is 11.3. The van der Waals surface area contributed by atoms with E-state index in [-0.39, 0.29) is 18.4 Å². The Morgan fingerprint density at radius 2 is 1.97 bits per heavy atom. The van der Waals surface area contributed by atoms with Crippen molar-refractivity contribution in [2.45, 2.75) is 37.4 Å². The van der Waals surface area contributed by atoms with E-state index in [0.29, 0.717) is 25.1 Å². The van der Waals surface area contributed by atoms with Crippen LogP contribution in [0.15, 0.2) is 30.3 Å². The molecule has 2 fully saturated rings. The molecule has 3 unspecified atom stereocenters. The van der Waals surface area contributed by atoms with Gasteiger partial charge in [-0.05, 0) is 30.9 Å². The van der Waals surface area contributed by atoms with Crippen molar-refractivity contribution in [3.8, 4) is 0 Å². The van der Waals surface area contributed by atoms with Crippen LogP contribution in [0.5, 0.6) is 0 Å². The first kappa shape index (κ1) is 23.0. The van der Waals surface area contributed by atoms with Gasteiger partial charge in [-0.3, -0.25) is 24.6 Å². The van der Waals surface area contributed by atoms with Crippen molar-refractivity contribution in [2.24, 2.45) is 11.8 Å². The number of fused-ring (bicyclic) bond motifs is 1. The molecular weight excluding hydrogens is 453 g/mol. The van der Waals surface area contributed by atoms with E-state index in [0.717, 1.165) is 28.8 Å². The molecule has 176 valence electrons. The quantitative estimate of drug-likeness (QED) is 0.340. The molecule has 1 aliphatic carbocycles. The van der Waals surface area contributed by atoms with Crippen LogP contribution in [0, 0.1) is 11.8 Å². The van der Waals surface area contributed by atoms with Crippen LogP contribution in [0.25, 0.3) is 10.9 Å². The number of benzene rings is 1. The summed E-state index contributed by atoms with van der Waals surface area (Å²) in [4.78, 5) is 53.1. The molecule has 2 heterocycles. The van der Waals surface area contributed by atoms with Gasteiger partial charge in [0.2, 0.25) is 5.91 Å². The number of nitrogens with zero attached hydrogens (tertiary/aromatic N) is 1. The summed E-state index contributed by atoms with van der Waals surface area (Å²) in [6.45, 7) is 0.222. The molecule has 3 atom stereocenters. The molecule has 4 amide bonds. The molecule has 1 saturated heterocycles. The number of rotatable bonds is 8. The van der Waals surface area contributed by atoms with Crippen LogP contribution in [0.2, 0.25) is 0 Å². The number of para-hydroxylation sites is 1. The number of alkyl halides is 2. The van der Waals surface area contributed by atoms with Crippen molar-refractivity contribution in [1.29, 1.82) is 0 Å². The third-order valence-corrected chi connectivity index (χ3v) is 6.11. The summed E-state index contributed by atoms with van der Waals surface area (Å²) in [6, 6.07) is 8.13. The number of H-pyrrole nitrogens is 1. The van der Waals surface area contributed by atoms with Crippen molar-refractivity contribution in [1.82, 2.24) is 26.1 Å². The molecule has 1 aliphatic heterocycles. The molecule has 2 aliphatic rings. The number of carbonyl (C=O) groups is 4. The minimum absolute atomic E-state index is 0.213. The molecule has 11 heteroatoms. The fourth-order valence-electron chi connectivity index (χ4n) is 3.91. The second-order valence-corrected chi connectivity index (χ2v) is 8.86. The van der Waals surface area contributed by atoms with Gasteiger partial charge in [-0.2, -0.15) is 0 Å². The zero-order valence-electron chi connectivity index (χ0n) is 17.8. The fraction of sp³-hybridized carbons (Fsp3) is 0.455. The topological polar surface area (TPSA) is 123 Å². The Bertz CT molecular complexity index is 1040. The normalized spacial score (nSPS) is 19.6. The highest BCUT2D eigenvalue weighted by Crippen LogP contribution is 2.33. The summed E-state index contributed by atoms with van der Waals surface area (Å²) in [5, 5.41) is 6.94. The Labute approximate surface area is 194 Å². The molecule has 0 radical (unpaired) electrons. The fourth-order valence-corrected chi connectivity index (χ4v) is 4.03. The van der Waals surface area contributed by atoms with E-state index in [1.807, 2.05) is 24.3 Å². The SMILES string of the molecule is O=C(NC(CC1CC1)C(=O)NN(CC1CCNC1=O)C(=O)C(F)Cl)c1cc2ccccc2[nH]1. The third kappa shape index (κ3) is 5.62. The lowest BCUT2D eigenvalue weighted by Crippen LogP contribution is -2.56. The van der Waals surface area contributed by atoms with E-state index >= 15 is 0 Å². The second kappa shape index (κ2) is 9.78. The number of aromatic nitrogens is 1. The van der Waals surface area contributed by atoms with Gasteiger partial charge in [0, 0.05) is 17.4 Å². The summed E-state index contributed by atoms with van der Waals surface area (Å²) < 4.78 is 13.6. The second-order valence-electron chi connectivity index (χ2n) is 8.48. The van der Waals surface area contributed by atoms with E-state index in [1.165, 1.54) is 0 Å². The van der Waals surface area contributed by atoms with E-state index in [4.69, 9.17) is 11.6 Å². The van der Waals surface area contributed by atoms with E-state index in [9.17, 15) is 23.6 Å². The van der Waals surface area contributed by atoms with E-state index in [1.54, 1.807) is 6.07 Å². The van der Waals surface area contributed by atoms with Crippen molar-refractivity contribution < 1.29 is 23.6 Å². The largest absolute Gasteiger partial charge is 0.356 e. The molecule has 9 nitrogen and oxygen atoms in total. The van der Waals surface area contributed by atoms with E-state index in [2.05, 4.69) is 21.0 Å². The van der Waals surface area contributed by atoms with Gasteiger partial charge in [-0.1, -0.05) is 42.6 Å². The number of amides is 4. The van der Waals surface area contributed by atoms with Gasteiger partial charge in [0.25, 0.3) is 23.4 Å². The zero-order chi connectivity index (χ0) is 23.5. The maximum atomic E-state index is 13.6. The zero-order valence-corrected chi connectivity index (χ0v) is 18.5. The predicted molar refractivity (Wildman–Crippen MR) is 119 cm³/mol. The highest BCUT2D eigenvalue weighted by molar-refractivity contribution is 6.29. The van der Waals surface area contributed by atoms with Crippen LogP contribution in [0.1, 0.15) is 36.2 Å². The number of halogens is 2. The molecule has 1 saturated carbocycles. The smallest absolute Gasteiger partial charge is 0.291 e. The molecule has 1 aromatic carbocycles. The Kier molecular flexibility index (Phi) is 6.83. The van der Waals surface area contributed by atoms with Gasteiger partial charge in [0.05, 0.1) is 12.5 Å². The van der Waals surface area contributed by atoms with Gasteiger partial charge in [-0.25, -0.2) is 9.40 Å². The molecule has 0 spiro atoms. The number of nitrogens with one attached hydrogen (secondary N) is 4. The summed E-state index contributed by atoms with van der Waals surface area (Å²) in [5.41, 5.74) is 1.08. The molecular formula is C22H25ClFN5O4. The molecule has 4 N–H and O–H groups in total. The molecule has 2 aromatic rings. The Hall–Kier alpha value is -3.14. The van der Waals surface area contributed by atoms with Gasteiger partial charge in [-0.15, -0.1) is 0 Å². The third-order valence-electron chi connectivity index (χ3n) is 5.93. The van der Waals surface area contributed by atoms with E-state index < -0.39 is 35.3 Å². The van der Waals surface area contributed by atoms with Crippen molar-refractivity contribution in [2.75, 3.05) is 13.1 Å². The average molecular weight is 478 g/mol. The standard InChI is InChI=1S/C22H25ClFN5O4/c23-18(24)22(33)29(11-14-7-8-25-19(14)30)28-21(32)16(9-12-5-6-12)27-20(31)17-10-13-3-1-2-4-15(13)26-17/h1-4,10,12,14,16,18,26H,5-9,11H2,(H,25,30)(H,27,31)(H,28,32). The number of hydrazine groups is 1. The van der Waals surface area contributed by atoms with Gasteiger partial charge in [0.15, 0.2) is 0 Å². The monoisotopic (exact) mass is 477 g/mol. The summed E-state index contributed by atoms with van der Waals surface area (Å²) in [5.74, 6) is -2.91. The van der Waals surface area contributed by atoms with Gasteiger partial charge in [0.1, 0.15) is 11.7 Å². The summed E-state index contributed by atoms with van der Waals surface area (Å²) >= 11 is 5.32. The lowest BCUT2D eigenvalue weighted by atomic mass is 10.1. The maximum Gasteiger partial charge on any atom is 0.291 e. The minimum Gasteiger partial charge on any atom is -0.356 e. The van der Waals surface area contributed by atoms with Gasteiger partial charge >= 0.3 is 0 Å². The maximum absolute atomic E-state index is 13.6. The lowest BCUT2D eigenvalue weighted by molar-refractivity contribution is -0.145. The van der Waals surface area contributed by atoms with Crippen LogP contribution in [0.3, 0.4) is 0 Å². The highest BCUT2D eigenvalue weighted by atomic mass is 35.5. The summed E-state index contributed by atoms with van der Waals surface area (Å²) in [6.07, 6.45) is 2.69. The van der Waals surface area contributed by atoms with Crippen LogP contribution < -0.4 is 16.1 Å². The predicted octanol–water partition coefficient (Wildman–Crippen LogP) is 1.60. The highest BCUT2D eigenvalue weighted by Gasteiger charge is 2.35. The van der Waals surface area contributed by atoms with Crippen LogP contribution in [-0.4, -0.2) is 58.4 Å². The Morgan fingerprint density at radius 1 is 1.21 bits per heavy atom. The van der Waals surface area contributed by atoms with Crippen molar-refractivity contribution >= 4 is 46.1 Å². The lowest BCUT2D eigenvalue weighted by Gasteiger charge is -2.28. The van der Waals surface area contributed by atoms with Gasteiger partial charge < -0.3 is 15.6 Å². The molecule has 1 aromatic heterocycles. The molecule has 33 heavy (non-hydrogen) atoms. The van der Waals surface area contributed by atoms with Crippen LogP contribution >= 0.6 is 11.6 Å². The van der Waals surface area contributed by atoms with Crippen molar-refractivity contribution in [3.05, 3.63) is 36.0 Å². The first-order chi connectivity index (χ1) is 15.8. The molecule has 4 rings (SSSR count). The summed E-state index contributed by atoms with van der Waals surface area (Å²) in [7, 11) is 0. The average Bonchev–Trinajstić information content (AvgIpc) is 3.35. The minimum atomic E-state index is -2.38. The first-order valence-electron chi connectivity index (χ1n) is 10.9. The number of aromatic amines is 1. The Balaban J connectivity index is 1.47. The number of hydrogen-bond acceptors (Lipinski definition) is 4. The molecule has 0 bridgehead atoms. The number of carbonyl (C=O) groups excluding carboxylic acids is 4. The van der Waals surface area contributed by atoms with Crippen LogP contribution in [0.4, 0.5) is 4.39 Å². The van der Waals surface area contributed by atoms with Crippen molar-refractivity contribution in [3.63, 3.8) is 0 Å². The number of hydrogen-bond donors (Lipinski definition) is 4.